The molecule has 0 saturated heterocycles. The van der Waals surface area contributed by atoms with Crippen LogP contribution in [0.5, 0.6) is 11.5 Å². The molecule has 142 valence electrons. The van der Waals surface area contributed by atoms with Gasteiger partial charge in [0.15, 0.2) is 17.3 Å². The molecule has 1 N–H and O–H groups in total. The molecule has 0 bridgehead atoms. The summed E-state index contributed by atoms with van der Waals surface area (Å²) in [6.07, 6.45) is 4.37. The van der Waals surface area contributed by atoms with Crippen molar-refractivity contribution in [2.75, 3.05) is 12.5 Å². The molecule has 8 heteroatoms. The molecular weight excluding hydrogens is 368 g/mol. The molecule has 0 fully saturated rings. The Kier molecular flexibility index (Phi) is 5.91. The molecule has 1 aromatic heterocycles. The van der Waals surface area contributed by atoms with Gasteiger partial charge in [0.2, 0.25) is 0 Å². The first-order valence-electron chi connectivity index (χ1n) is 8.11. The molecule has 0 aliphatic carbocycles. The van der Waals surface area contributed by atoms with Crippen LogP contribution < -0.4 is 14.9 Å². The molecule has 0 spiro atoms. The first-order chi connectivity index (χ1) is 13.6. The second kappa shape index (κ2) is 8.72. The van der Waals surface area contributed by atoms with Crippen LogP contribution in [-0.2, 0) is 0 Å². The van der Waals surface area contributed by atoms with E-state index in [1.165, 1.54) is 25.6 Å². The van der Waals surface area contributed by atoms with Crippen LogP contribution in [0.4, 0.5) is 14.5 Å². The van der Waals surface area contributed by atoms with E-state index in [2.05, 4.69) is 15.5 Å². The van der Waals surface area contributed by atoms with Gasteiger partial charge in [-0.25, -0.2) is 13.6 Å². The van der Waals surface area contributed by atoms with E-state index < -0.39 is 17.6 Å². The highest BCUT2D eigenvalue weighted by atomic mass is 19.1. The number of carbonyl (C=O) groups is 1. The summed E-state index contributed by atoms with van der Waals surface area (Å²) in [5, 5.41) is 3.91. The number of hydrazone groups is 1. The molecule has 0 aliphatic heterocycles. The lowest BCUT2D eigenvalue weighted by Crippen LogP contribution is -2.09. The molecule has 28 heavy (non-hydrogen) atoms. The minimum absolute atomic E-state index is 0.0339. The van der Waals surface area contributed by atoms with Crippen LogP contribution in [0.3, 0.4) is 0 Å². The van der Waals surface area contributed by atoms with Crippen LogP contribution in [-0.4, -0.2) is 24.3 Å². The second-order valence-electron chi connectivity index (χ2n) is 5.54. The van der Waals surface area contributed by atoms with Gasteiger partial charge in [0, 0.05) is 18.5 Å². The number of benzene rings is 2. The number of halogens is 2. The highest BCUT2D eigenvalue weighted by Gasteiger charge is 2.12. The summed E-state index contributed by atoms with van der Waals surface area (Å²) in [6.45, 7) is 0. The molecule has 0 saturated carbocycles. The van der Waals surface area contributed by atoms with Gasteiger partial charge in [-0.1, -0.05) is 0 Å². The van der Waals surface area contributed by atoms with Gasteiger partial charge >= 0.3 is 5.97 Å². The van der Waals surface area contributed by atoms with Gasteiger partial charge in [0.25, 0.3) is 0 Å². The number of rotatable bonds is 6. The van der Waals surface area contributed by atoms with Crippen molar-refractivity contribution in [3.8, 4) is 11.5 Å². The number of aromatic nitrogens is 1. The molecule has 0 atom stereocenters. The third kappa shape index (κ3) is 4.67. The normalized spacial score (nSPS) is 10.7. The maximum atomic E-state index is 13.6. The molecule has 2 aromatic carbocycles. The minimum atomic E-state index is -0.757. The standard InChI is InChI=1S/C20H15F2N3O3/c1-27-19-9-13(11-24-25-17-6-5-15(21)10-16(17)22)4-7-18(19)28-20(26)14-3-2-8-23-12-14/h2-12,25H,1H3/b24-11+. The van der Waals surface area contributed by atoms with Crippen molar-refractivity contribution >= 4 is 17.9 Å². The van der Waals surface area contributed by atoms with Gasteiger partial charge < -0.3 is 9.47 Å². The first kappa shape index (κ1) is 19.0. The number of hydrogen-bond acceptors (Lipinski definition) is 6. The number of nitrogens with zero attached hydrogens (tertiary/aromatic N) is 2. The number of nitrogens with one attached hydrogen (secondary N) is 1. The van der Waals surface area contributed by atoms with E-state index in [0.29, 0.717) is 16.9 Å². The molecule has 3 rings (SSSR count). The fraction of sp³-hybridized carbons (Fsp3) is 0.0500. The quantitative estimate of drug-likeness (QED) is 0.301. The highest BCUT2D eigenvalue weighted by Crippen LogP contribution is 2.28. The van der Waals surface area contributed by atoms with E-state index in [9.17, 15) is 13.6 Å². The summed E-state index contributed by atoms with van der Waals surface area (Å²) >= 11 is 0. The van der Waals surface area contributed by atoms with Crippen molar-refractivity contribution in [3.05, 3.63) is 83.7 Å². The Balaban J connectivity index is 1.71. The van der Waals surface area contributed by atoms with Gasteiger partial charge in [-0.2, -0.15) is 5.10 Å². The number of methoxy groups -OCH3 is 1. The molecule has 0 aliphatic rings. The first-order valence-corrected chi connectivity index (χ1v) is 8.11. The molecule has 1 heterocycles. The van der Waals surface area contributed by atoms with E-state index >= 15 is 0 Å². The zero-order valence-electron chi connectivity index (χ0n) is 14.7. The Labute approximate surface area is 159 Å². The summed E-state index contributed by atoms with van der Waals surface area (Å²) in [7, 11) is 1.43. The van der Waals surface area contributed by atoms with E-state index in [1.54, 1.807) is 36.5 Å². The van der Waals surface area contributed by atoms with Gasteiger partial charge in [0.1, 0.15) is 5.82 Å². The van der Waals surface area contributed by atoms with Crippen molar-refractivity contribution in [1.29, 1.82) is 0 Å². The van der Waals surface area contributed by atoms with E-state index in [1.807, 2.05) is 0 Å². The molecule has 0 unspecified atom stereocenters. The third-order valence-electron chi connectivity index (χ3n) is 3.62. The third-order valence-corrected chi connectivity index (χ3v) is 3.62. The number of esters is 1. The van der Waals surface area contributed by atoms with Gasteiger partial charge in [0.05, 0.1) is 24.6 Å². The number of anilines is 1. The number of pyridine rings is 1. The smallest absolute Gasteiger partial charge is 0.345 e. The van der Waals surface area contributed by atoms with Crippen molar-refractivity contribution in [1.82, 2.24) is 4.98 Å². The van der Waals surface area contributed by atoms with Crippen molar-refractivity contribution in [2.45, 2.75) is 0 Å². The van der Waals surface area contributed by atoms with Gasteiger partial charge in [-0.15, -0.1) is 0 Å². The van der Waals surface area contributed by atoms with Crippen molar-refractivity contribution < 1.29 is 23.0 Å². The van der Waals surface area contributed by atoms with Crippen LogP contribution in [0.2, 0.25) is 0 Å². The summed E-state index contributed by atoms with van der Waals surface area (Å²) in [5.41, 5.74) is 3.43. The fourth-order valence-corrected chi connectivity index (χ4v) is 2.25. The number of ether oxygens (including phenoxy) is 2. The van der Waals surface area contributed by atoms with Crippen LogP contribution in [0.25, 0.3) is 0 Å². The monoisotopic (exact) mass is 383 g/mol. The molecular formula is C20H15F2N3O3. The van der Waals surface area contributed by atoms with E-state index in [4.69, 9.17) is 9.47 Å². The van der Waals surface area contributed by atoms with Gasteiger partial charge in [-0.05, 0) is 48.0 Å². The summed E-state index contributed by atoms with van der Waals surface area (Å²) in [6, 6.07) is 11.1. The summed E-state index contributed by atoms with van der Waals surface area (Å²) in [4.78, 5) is 16.0. The molecule has 0 radical (unpaired) electrons. The zero-order valence-corrected chi connectivity index (χ0v) is 14.7. The Morgan fingerprint density at radius 3 is 2.71 bits per heavy atom. The minimum Gasteiger partial charge on any atom is -0.493 e. The molecule has 0 amide bonds. The SMILES string of the molecule is COc1cc(/C=N/Nc2ccc(F)cc2F)ccc1OC(=O)c1cccnc1. The van der Waals surface area contributed by atoms with Crippen LogP contribution in [0.15, 0.2) is 66.0 Å². The predicted molar refractivity (Wildman–Crippen MR) is 99.8 cm³/mol. The lowest BCUT2D eigenvalue weighted by atomic mass is 10.2. The Bertz CT molecular complexity index is 1010. The Hall–Kier alpha value is -3.81. The van der Waals surface area contributed by atoms with Crippen molar-refractivity contribution in [3.63, 3.8) is 0 Å². The average Bonchev–Trinajstić information content (AvgIpc) is 2.71. The summed E-state index contributed by atoms with van der Waals surface area (Å²) in [5.74, 6) is -1.46. The Morgan fingerprint density at radius 1 is 1.14 bits per heavy atom. The predicted octanol–water partition coefficient (Wildman–Crippen LogP) is 4.03. The van der Waals surface area contributed by atoms with Gasteiger partial charge in [-0.3, -0.25) is 10.4 Å². The number of carbonyl (C=O) groups excluding carboxylic acids is 1. The average molecular weight is 383 g/mol. The lowest BCUT2D eigenvalue weighted by molar-refractivity contribution is 0.0729. The second-order valence-corrected chi connectivity index (χ2v) is 5.54. The van der Waals surface area contributed by atoms with Crippen LogP contribution in [0, 0.1) is 11.6 Å². The fourth-order valence-electron chi connectivity index (χ4n) is 2.25. The Morgan fingerprint density at radius 2 is 2.00 bits per heavy atom. The maximum Gasteiger partial charge on any atom is 0.345 e. The van der Waals surface area contributed by atoms with Crippen LogP contribution >= 0.6 is 0 Å². The van der Waals surface area contributed by atoms with Crippen LogP contribution in [0.1, 0.15) is 15.9 Å². The molecule has 3 aromatic rings. The number of hydrogen-bond donors (Lipinski definition) is 1. The maximum absolute atomic E-state index is 13.6. The van der Waals surface area contributed by atoms with E-state index in [0.717, 1.165) is 12.1 Å². The molecule has 6 nitrogen and oxygen atoms in total. The summed E-state index contributed by atoms with van der Waals surface area (Å²) < 4.78 is 37.0. The van der Waals surface area contributed by atoms with E-state index in [-0.39, 0.29) is 11.4 Å². The van der Waals surface area contributed by atoms with Crippen molar-refractivity contribution in [2.24, 2.45) is 5.10 Å². The zero-order chi connectivity index (χ0) is 19.9. The highest BCUT2D eigenvalue weighted by molar-refractivity contribution is 5.91. The largest absolute Gasteiger partial charge is 0.493 e. The lowest BCUT2D eigenvalue weighted by Gasteiger charge is -2.09. The topological polar surface area (TPSA) is 72.8 Å².